The molecule has 0 amide bonds. The third-order valence-corrected chi connectivity index (χ3v) is 1.57. The largest absolute Gasteiger partial charge is 0.488 e. The average molecular weight is 169 g/mol. The first-order valence-electron chi connectivity index (χ1n) is 3.79. The van der Waals surface area contributed by atoms with Gasteiger partial charge in [0, 0.05) is 0 Å². The van der Waals surface area contributed by atoms with Crippen LogP contribution in [0.5, 0.6) is 5.75 Å². The molecule has 12 heavy (non-hydrogen) atoms. The second-order valence-electron chi connectivity index (χ2n) is 2.53. The normalized spacial score (nSPS) is 9.83. The van der Waals surface area contributed by atoms with Gasteiger partial charge in [0.15, 0.2) is 0 Å². The fourth-order valence-corrected chi connectivity index (χ4v) is 1.01. The SMILES string of the molecule is Cc1cccc(N)c1OCCF. The van der Waals surface area contributed by atoms with Gasteiger partial charge >= 0.3 is 0 Å². The van der Waals surface area contributed by atoms with E-state index in [1.165, 1.54) is 0 Å². The lowest BCUT2D eigenvalue weighted by molar-refractivity contribution is 0.273. The molecule has 0 aliphatic heterocycles. The van der Waals surface area contributed by atoms with Crippen LogP contribution in [0.25, 0.3) is 0 Å². The van der Waals surface area contributed by atoms with Crippen molar-refractivity contribution in [2.45, 2.75) is 6.92 Å². The number of nitrogens with two attached hydrogens (primary N) is 1. The lowest BCUT2D eigenvalue weighted by Gasteiger charge is -2.09. The summed E-state index contributed by atoms with van der Waals surface area (Å²) < 4.78 is 16.9. The number of halogens is 1. The molecule has 1 aromatic rings. The molecule has 2 nitrogen and oxygen atoms in total. The van der Waals surface area contributed by atoms with Gasteiger partial charge in [-0.3, -0.25) is 0 Å². The summed E-state index contributed by atoms with van der Waals surface area (Å²) in [6.07, 6.45) is 0. The van der Waals surface area contributed by atoms with Crippen LogP contribution in [0.3, 0.4) is 0 Å². The molecule has 2 N–H and O–H groups in total. The molecule has 0 fully saturated rings. The maximum Gasteiger partial charge on any atom is 0.145 e. The van der Waals surface area contributed by atoms with Crippen molar-refractivity contribution in [2.24, 2.45) is 0 Å². The van der Waals surface area contributed by atoms with Crippen LogP contribution < -0.4 is 10.5 Å². The average Bonchev–Trinajstić information content (AvgIpc) is 2.04. The van der Waals surface area contributed by atoms with E-state index in [0.717, 1.165) is 5.56 Å². The Balaban J connectivity index is 2.81. The number of hydrogen-bond donors (Lipinski definition) is 1. The van der Waals surface area contributed by atoms with Crippen LogP contribution in [-0.4, -0.2) is 13.3 Å². The molecule has 0 radical (unpaired) electrons. The van der Waals surface area contributed by atoms with Gasteiger partial charge in [0.05, 0.1) is 5.69 Å². The van der Waals surface area contributed by atoms with Gasteiger partial charge in [0.25, 0.3) is 0 Å². The maximum absolute atomic E-state index is 11.8. The van der Waals surface area contributed by atoms with Crippen LogP contribution in [0.2, 0.25) is 0 Å². The van der Waals surface area contributed by atoms with Gasteiger partial charge in [-0.2, -0.15) is 0 Å². The van der Waals surface area contributed by atoms with Crippen LogP contribution in [0.1, 0.15) is 5.56 Å². The molecule has 0 aliphatic rings. The Kier molecular flexibility index (Phi) is 2.91. The summed E-state index contributed by atoms with van der Waals surface area (Å²) in [4.78, 5) is 0. The number of hydrogen-bond acceptors (Lipinski definition) is 2. The Morgan fingerprint density at radius 1 is 1.50 bits per heavy atom. The van der Waals surface area contributed by atoms with E-state index in [9.17, 15) is 4.39 Å². The fraction of sp³-hybridized carbons (Fsp3) is 0.333. The standard InChI is InChI=1S/C9H12FNO/c1-7-3-2-4-8(11)9(7)12-6-5-10/h2-4H,5-6,11H2,1H3. The highest BCUT2D eigenvalue weighted by Gasteiger charge is 2.02. The van der Waals surface area contributed by atoms with Crippen molar-refractivity contribution in [1.82, 2.24) is 0 Å². The molecule has 0 bridgehead atoms. The minimum Gasteiger partial charge on any atom is -0.488 e. The van der Waals surface area contributed by atoms with Crippen LogP contribution in [0, 0.1) is 6.92 Å². The van der Waals surface area contributed by atoms with Gasteiger partial charge in [0.1, 0.15) is 19.0 Å². The molecule has 0 saturated carbocycles. The topological polar surface area (TPSA) is 35.2 Å². The lowest BCUT2D eigenvalue weighted by Crippen LogP contribution is -2.02. The predicted molar refractivity (Wildman–Crippen MR) is 47.1 cm³/mol. The molecule has 0 aliphatic carbocycles. The summed E-state index contributed by atoms with van der Waals surface area (Å²) >= 11 is 0. The molecule has 0 unspecified atom stereocenters. The first kappa shape index (κ1) is 8.84. The third kappa shape index (κ3) is 1.87. The zero-order chi connectivity index (χ0) is 8.97. The van der Waals surface area contributed by atoms with Gasteiger partial charge in [-0.15, -0.1) is 0 Å². The van der Waals surface area contributed by atoms with Gasteiger partial charge < -0.3 is 10.5 Å². The van der Waals surface area contributed by atoms with Gasteiger partial charge in [-0.05, 0) is 18.6 Å². The van der Waals surface area contributed by atoms with Crippen molar-refractivity contribution in [2.75, 3.05) is 19.0 Å². The number of alkyl halides is 1. The zero-order valence-corrected chi connectivity index (χ0v) is 7.01. The van der Waals surface area contributed by atoms with Crippen LogP contribution in [0.4, 0.5) is 10.1 Å². The molecular formula is C9H12FNO. The summed E-state index contributed by atoms with van der Waals surface area (Å²) in [5, 5.41) is 0. The smallest absolute Gasteiger partial charge is 0.145 e. The second-order valence-corrected chi connectivity index (χ2v) is 2.53. The number of anilines is 1. The molecule has 66 valence electrons. The molecule has 0 spiro atoms. The number of para-hydroxylation sites is 1. The van der Waals surface area contributed by atoms with E-state index >= 15 is 0 Å². The van der Waals surface area contributed by atoms with E-state index in [0.29, 0.717) is 11.4 Å². The van der Waals surface area contributed by atoms with Crippen molar-refractivity contribution < 1.29 is 9.13 Å². The van der Waals surface area contributed by atoms with Crippen molar-refractivity contribution in [3.63, 3.8) is 0 Å². The zero-order valence-electron chi connectivity index (χ0n) is 7.01. The first-order chi connectivity index (χ1) is 5.75. The van der Waals surface area contributed by atoms with E-state index in [1.54, 1.807) is 6.07 Å². The summed E-state index contributed by atoms with van der Waals surface area (Å²) in [6.45, 7) is 1.45. The van der Waals surface area contributed by atoms with E-state index in [1.807, 2.05) is 19.1 Å². The molecule has 0 atom stereocenters. The molecule has 1 rings (SSSR count). The molecule has 1 aromatic carbocycles. The van der Waals surface area contributed by atoms with Gasteiger partial charge in [-0.25, -0.2) is 4.39 Å². The Morgan fingerprint density at radius 3 is 2.83 bits per heavy atom. The highest BCUT2D eigenvalue weighted by molar-refractivity contribution is 5.56. The second kappa shape index (κ2) is 3.95. The van der Waals surface area contributed by atoms with Gasteiger partial charge in [-0.1, -0.05) is 12.1 Å². The van der Waals surface area contributed by atoms with Crippen molar-refractivity contribution in [3.8, 4) is 5.75 Å². The molecular weight excluding hydrogens is 157 g/mol. The number of aryl methyl sites for hydroxylation is 1. The minimum absolute atomic E-state index is 0.0645. The molecule has 3 heteroatoms. The Labute approximate surface area is 71.1 Å². The monoisotopic (exact) mass is 169 g/mol. The fourth-order valence-electron chi connectivity index (χ4n) is 1.01. The highest BCUT2D eigenvalue weighted by atomic mass is 19.1. The van der Waals surface area contributed by atoms with E-state index in [2.05, 4.69) is 0 Å². The predicted octanol–water partition coefficient (Wildman–Crippen LogP) is 1.93. The number of ether oxygens (including phenoxy) is 1. The third-order valence-electron chi connectivity index (χ3n) is 1.57. The van der Waals surface area contributed by atoms with E-state index in [4.69, 9.17) is 10.5 Å². The first-order valence-corrected chi connectivity index (χ1v) is 3.79. The van der Waals surface area contributed by atoms with E-state index in [-0.39, 0.29) is 6.61 Å². The quantitative estimate of drug-likeness (QED) is 0.701. The summed E-state index contributed by atoms with van der Waals surface area (Å²) in [6, 6.07) is 5.46. The van der Waals surface area contributed by atoms with Crippen molar-refractivity contribution in [1.29, 1.82) is 0 Å². The van der Waals surface area contributed by atoms with Crippen molar-refractivity contribution >= 4 is 5.69 Å². The summed E-state index contributed by atoms with van der Waals surface area (Å²) in [5.74, 6) is 0.593. The minimum atomic E-state index is -0.492. The van der Waals surface area contributed by atoms with Crippen LogP contribution >= 0.6 is 0 Å². The van der Waals surface area contributed by atoms with E-state index < -0.39 is 6.67 Å². The highest BCUT2D eigenvalue weighted by Crippen LogP contribution is 2.24. The summed E-state index contributed by atoms with van der Waals surface area (Å²) in [5.41, 5.74) is 7.11. The molecule has 0 aromatic heterocycles. The lowest BCUT2D eigenvalue weighted by atomic mass is 10.2. The Bertz CT molecular complexity index is 242. The molecule has 0 saturated heterocycles. The van der Waals surface area contributed by atoms with Crippen LogP contribution in [-0.2, 0) is 0 Å². The maximum atomic E-state index is 11.8. The number of rotatable bonds is 3. The summed E-state index contributed by atoms with van der Waals surface area (Å²) in [7, 11) is 0. The Morgan fingerprint density at radius 2 is 2.25 bits per heavy atom. The molecule has 0 heterocycles. The number of nitrogen functional groups attached to an aromatic ring is 1. The van der Waals surface area contributed by atoms with Crippen molar-refractivity contribution in [3.05, 3.63) is 23.8 Å². The van der Waals surface area contributed by atoms with Crippen LogP contribution in [0.15, 0.2) is 18.2 Å². The van der Waals surface area contributed by atoms with Gasteiger partial charge in [0.2, 0.25) is 0 Å². The Hall–Kier alpha value is -1.25. The number of benzene rings is 1.